The highest BCUT2D eigenvalue weighted by atomic mass is 32.2. The van der Waals surface area contributed by atoms with Crippen LogP contribution in [0.25, 0.3) is 0 Å². The molecule has 0 radical (unpaired) electrons. The summed E-state index contributed by atoms with van der Waals surface area (Å²) in [6.07, 6.45) is 3.39. The van der Waals surface area contributed by atoms with Crippen molar-refractivity contribution in [3.63, 3.8) is 0 Å². The Hall–Kier alpha value is -1.42. The third kappa shape index (κ3) is 3.32. The number of benzene rings is 1. The number of hydrogen-bond acceptors (Lipinski definition) is 3. The van der Waals surface area contributed by atoms with Gasteiger partial charge in [0, 0.05) is 0 Å². The topological polar surface area (TPSA) is 51.2 Å². The highest BCUT2D eigenvalue weighted by Gasteiger charge is 2.22. The van der Waals surface area contributed by atoms with Gasteiger partial charge in [0.15, 0.2) is 15.6 Å². The van der Waals surface area contributed by atoms with Gasteiger partial charge in [0.05, 0.1) is 10.6 Å². The molecule has 0 aliphatic heterocycles. The van der Waals surface area contributed by atoms with E-state index in [4.69, 9.17) is 0 Å². The smallest absolute Gasteiger partial charge is 0.182 e. The number of Topliss-reactive ketones (excluding diaryl/α,β-unsaturated/α-hetero) is 1. The Balaban J connectivity index is 2.32. The maximum absolute atomic E-state index is 12.3. The van der Waals surface area contributed by atoms with Crippen LogP contribution in [-0.4, -0.2) is 20.0 Å². The molecule has 0 heterocycles. The van der Waals surface area contributed by atoms with Crippen molar-refractivity contribution in [1.82, 2.24) is 0 Å². The van der Waals surface area contributed by atoms with Crippen LogP contribution in [0, 0.1) is 0 Å². The van der Waals surface area contributed by atoms with Crippen molar-refractivity contribution in [2.45, 2.75) is 37.5 Å². The summed E-state index contributed by atoms with van der Waals surface area (Å²) in [6, 6.07) is 8.43. The Bertz CT molecular complexity index is 598. The largest absolute Gasteiger partial charge is 0.295 e. The van der Waals surface area contributed by atoms with Crippen LogP contribution < -0.4 is 0 Å². The second-order valence-electron chi connectivity index (χ2n) is 4.92. The average Bonchev–Trinajstić information content (AvgIpc) is 2.39. The van der Waals surface area contributed by atoms with Gasteiger partial charge in [0.25, 0.3) is 0 Å². The Labute approximate surface area is 114 Å². The van der Waals surface area contributed by atoms with Crippen LogP contribution in [0.1, 0.15) is 32.6 Å². The Morgan fingerprint density at radius 2 is 1.74 bits per heavy atom. The third-order valence-corrected chi connectivity index (χ3v) is 5.19. The minimum Gasteiger partial charge on any atom is -0.295 e. The number of carbonyl (C=O) groups is 1. The van der Waals surface area contributed by atoms with Crippen molar-refractivity contribution >= 4 is 15.6 Å². The summed E-state index contributed by atoms with van der Waals surface area (Å²) in [4.78, 5) is 11.9. The van der Waals surface area contributed by atoms with E-state index in [1.54, 1.807) is 30.3 Å². The Morgan fingerprint density at radius 1 is 1.11 bits per heavy atom. The van der Waals surface area contributed by atoms with Gasteiger partial charge in [-0.15, -0.1) is 0 Å². The van der Waals surface area contributed by atoms with Crippen LogP contribution in [0.3, 0.4) is 0 Å². The van der Waals surface area contributed by atoms with E-state index in [-0.39, 0.29) is 11.5 Å². The zero-order valence-corrected chi connectivity index (χ0v) is 11.9. The lowest BCUT2D eigenvalue weighted by Crippen LogP contribution is -2.15. The molecule has 19 heavy (non-hydrogen) atoms. The molecule has 0 unspecified atom stereocenters. The molecule has 1 aromatic rings. The van der Waals surface area contributed by atoms with E-state index in [1.807, 2.05) is 0 Å². The molecule has 1 aliphatic carbocycles. The van der Waals surface area contributed by atoms with Gasteiger partial charge in [0.2, 0.25) is 0 Å². The first-order valence-electron chi connectivity index (χ1n) is 6.50. The van der Waals surface area contributed by atoms with Gasteiger partial charge in [-0.25, -0.2) is 8.42 Å². The van der Waals surface area contributed by atoms with Crippen LogP contribution >= 0.6 is 0 Å². The number of carbonyl (C=O) groups excluding carboxylic acids is 1. The van der Waals surface area contributed by atoms with E-state index < -0.39 is 9.84 Å². The molecule has 3 nitrogen and oxygen atoms in total. The van der Waals surface area contributed by atoms with Crippen molar-refractivity contribution in [2.24, 2.45) is 0 Å². The number of hydrogen-bond donors (Lipinski definition) is 0. The van der Waals surface area contributed by atoms with Gasteiger partial charge in [-0.2, -0.15) is 0 Å². The summed E-state index contributed by atoms with van der Waals surface area (Å²) < 4.78 is 24.6. The standard InChI is InChI=1S/C15H18O3S/c1-12(16)15-10-6-5-7-13(15)11-19(17,18)14-8-3-2-4-9-14/h2-4,8-9H,5-7,10-11H2,1H3. The summed E-state index contributed by atoms with van der Waals surface area (Å²) >= 11 is 0. The summed E-state index contributed by atoms with van der Waals surface area (Å²) in [5.41, 5.74) is 1.54. The molecule has 0 saturated carbocycles. The fourth-order valence-corrected chi connectivity index (χ4v) is 4.01. The van der Waals surface area contributed by atoms with E-state index in [2.05, 4.69) is 0 Å². The minimum absolute atomic E-state index is 0.0120. The zero-order chi connectivity index (χ0) is 13.9. The first kappa shape index (κ1) is 14.0. The predicted molar refractivity (Wildman–Crippen MR) is 74.7 cm³/mol. The van der Waals surface area contributed by atoms with Crippen molar-refractivity contribution in [3.05, 3.63) is 41.5 Å². The quantitative estimate of drug-likeness (QED) is 0.851. The van der Waals surface area contributed by atoms with Crippen molar-refractivity contribution in [2.75, 3.05) is 5.75 Å². The molecule has 2 rings (SSSR count). The van der Waals surface area contributed by atoms with E-state index in [0.717, 1.165) is 36.8 Å². The van der Waals surface area contributed by atoms with E-state index >= 15 is 0 Å². The zero-order valence-electron chi connectivity index (χ0n) is 11.1. The average molecular weight is 278 g/mol. The minimum atomic E-state index is -3.34. The van der Waals surface area contributed by atoms with Crippen molar-refractivity contribution in [1.29, 1.82) is 0 Å². The lowest BCUT2D eigenvalue weighted by molar-refractivity contribution is -0.113. The SMILES string of the molecule is CC(=O)C1=C(CS(=O)(=O)c2ccccc2)CCCC1. The monoisotopic (exact) mass is 278 g/mol. The molecule has 0 spiro atoms. The van der Waals surface area contributed by atoms with Crippen LogP contribution in [0.4, 0.5) is 0 Å². The van der Waals surface area contributed by atoms with Crippen LogP contribution in [0.2, 0.25) is 0 Å². The van der Waals surface area contributed by atoms with Crippen LogP contribution in [0.15, 0.2) is 46.4 Å². The lowest BCUT2D eigenvalue weighted by Gasteiger charge is -2.18. The summed E-state index contributed by atoms with van der Waals surface area (Å²) in [5, 5.41) is 0. The predicted octanol–water partition coefficient (Wildman–Crippen LogP) is 2.92. The second-order valence-corrected chi connectivity index (χ2v) is 6.91. The molecule has 0 N–H and O–H groups in total. The van der Waals surface area contributed by atoms with Crippen molar-refractivity contribution < 1.29 is 13.2 Å². The van der Waals surface area contributed by atoms with E-state index in [9.17, 15) is 13.2 Å². The number of ketones is 1. The maximum Gasteiger partial charge on any atom is 0.182 e. The summed E-state index contributed by atoms with van der Waals surface area (Å²) in [5.74, 6) is -0.00990. The van der Waals surface area contributed by atoms with Gasteiger partial charge < -0.3 is 0 Å². The first-order valence-corrected chi connectivity index (χ1v) is 8.15. The summed E-state index contributed by atoms with van der Waals surface area (Å²) in [7, 11) is -3.34. The van der Waals surface area contributed by atoms with Gasteiger partial charge in [0.1, 0.15) is 0 Å². The second kappa shape index (κ2) is 5.70. The van der Waals surface area contributed by atoms with Crippen LogP contribution in [0.5, 0.6) is 0 Å². The number of rotatable bonds is 4. The Kier molecular flexibility index (Phi) is 4.20. The van der Waals surface area contributed by atoms with Gasteiger partial charge >= 0.3 is 0 Å². The Morgan fingerprint density at radius 3 is 2.37 bits per heavy atom. The van der Waals surface area contributed by atoms with Crippen molar-refractivity contribution in [3.8, 4) is 0 Å². The molecular weight excluding hydrogens is 260 g/mol. The normalized spacial score (nSPS) is 16.5. The fourth-order valence-electron chi connectivity index (χ4n) is 2.49. The number of allylic oxidation sites excluding steroid dienone is 1. The van der Waals surface area contributed by atoms with Crippen LogP contribution in [-0.2, 0) is 14.6 Å². The molecular formula is C15H18O3S. The lowest BCUT2D eigenvalue weighted by atomic mass is 9.91. The maximum atomic E-state index is 12.3. The van der Waals surface area contributed by atoms with E-state index in [1.165, 1.54) is 6.92 Å². The molecule has 0 bridgehead atoms. The molecule has 1 aromatic carbocycles. The van der Waals surface area contributed by atoms with Gasteiger partial charge in [-0.05, 0) is 55.9 Å². The molecule has 102 valence electrons. The molecule has 4 heteroatoms. The highest BCUT2D eigenvalue weighted by molar-refractivity contribution is 7.91. The summed E-state index contributed by atoms with van der Waals surface area (Å²) in [6.45, 7) is 1.52. The molecule has 0 amide bonds. The van der Waals surface area contributed by atoms with Gasteiger partial charge in [-0.1, -0.05) is 18.2 Å². The third-order valence-electron chi connectivity index (χ3n) is 3.47. The molecule has 0 fully saturated rings. The van der Waals surface area contributed by atoms with Gasteiger partial charge in [-0.3, -0.25) is 4.79 Å². The highest BCUT2D eigenvalue weighted by Crippen LogP contribution is 2.28. The molecule has 1 aliphatic rings. The molecule has 0 atom stereocenters. The van der Waals surface area contributed by atoms with E-state index in [0.29, 0.717) is 4.90 Å². The fraction of sp³-hybridized carbons (Fsp3) is 0.400. The first-order chi connectivity index (χ1) is 9.00. The number of sulfone groups is 1. The molecule has 0 aromatic heterocycles. The molecule has 0 saturated heterocycles.